The number of hydrogen-bond donors (Lipinski definition) is 2. The lowest BCUT2D eigenvalue weighted by Crippen LogP contribution is -2.35. The molecule has 1 unspecified atom stereocenters. The molecule has 20 heavy (non-hydrogen) atoms. The first kappa shape index (κ1) is 15.7. The largest absolute Gasteiger partial charge is 0.416 e. The quantitative estimate of drug-likeness (QED) is 0.657. The molecule has 6 nitrogen and oxygen atoms in total. The number of amides is 1. The number of benzene rings is 1. The van der Waals surface area contributed by atoms with Gasteiger partial charge in [-0.1, -0.05) is 0 Å². The molecule has 0 saturated carbocycles. The maximum Gasteiger partial charge on any atom is 0.416 e. The fourth-order valence-electron chi connectivity index (χ4n) is 1.50. The van der Waals surface area contributed by atoms with Gasteiger partial charge in [-0.15, -0.1) is 0 Å². The molecular weight excluding hydrogens is 279 g/mol. The predicted molar refractivity (Wildman–Crippen MR) is 65.2 cm³/mol. The van der Waals surface area contributed by atoms with Crippen molar-refractivity contribution in [2.24, 2.45) is 0 Å². The number of alkyl halides is 3. The second-order valence-corrected chi connectivity index (χ2v) is 3.97. The number of nitrogens with one attached hydrogen (secondary N) is 2. The van der Waals surface area contributed by atoms with Crippen molar-refractivity contribution < 1.29 is 22.9 Å². The molecule has 1 rings (SSSR count). The van der Waals surface area contributed by atoms with E-state index in [-0.39, 0.29) is 5.69 Å². The van der Waals surface area contributed by atoms with E-state index >= 15 is 0 Å². The minimum atomic E-state index is -4.67. The number of nitro groups is 1. The zero-order chi connectivity index (χ0) is 15.5. The summed E-state index contributed by atoms with van der Waals surface area (Å²) in [4.78, 5) is 21.2. The summed E-state index contributed by atoms with van der Waals surface area (Å²) in [6.45, 7) is 1.43. The molecule has 2 N–H and O–H groups in total. The van der Waals surface area contributed by atoms with Crippen molar-refractivity contribution in [2.75, 3.05) is 12.4 Å². The number of carbonyl (C=O) groups excluding carboxylic acids is 1. The summed E-state index contributed by atoms with van der Waals surface area (Å²) in [5.74, 6) is -0.445. The third-order valence-electron chi connectivity index (χ3n) is 2.53. The Hall–Kier alpha value is -2.32. The lowest BCUT2D eigenvalue weighted by atomic mass is 10.1. The maximum atomic E-state index is 12.5. The van der Waals surface area contributed by atoms with Gasteiger partial charge < -0.3 is 10.6 Å². The summed E-state index contributed by atoms with van der Waals surface area (Å²) in [7, 11) is 1.38. The summed E-state index contributed by atoms with van der Waals surface area (Å²) in [6.07, 6.45) is -4.67. The maximum absolute atomic E-state index is 12.5. The van der Waals surface area contributed by atoms with Gasteiger partial charge in [0.25, 0.3) is 5.69 Å². The normalized spacial score (nSPS) is 12.7. The molecule has 0 aromatic heterocycles. The van der Waals surface area contributed by atoms with Crippen molar-refractivity contribution in [3.63, 3.8) is 0 Å². The minimum Gasteiger partial charge on any atom is -0.368 e. The molecule has 110 valence electrons. The van der Waals surface area contributed by atoms with Gasteiger partial charge in [0.05, 0.1) is 10.5 Å². The Morgan fingerprint density at radius 3 is 2.45 bits per heavy atom. The number of rotatable bonds is 4. The standard InChI is InChI=1S/C11H12F3N3O3/c1-6(10(18)15-2)16-8-4-3-7(11(12,13)14)5-9(8)17(19)20/h3-6,16H,1-2H3,(H,15,18). The van der Waals surface area contributed by atoms with Crippen LogP contribution in [0.5, 0.6) is 0 Å². The monoisotopic (exact) mass is 291 g/mol. The Labute approximate surface area is 112 Å². The number of likely N-dealkylation sites (N-methyl/N-ethyl adjacent to an activating group) is 1. The van der Waals surface area contributed by atoms with Gasteiger partial charge in [0, 0.05) is 13.1 Å². The van der Waals surface area contributed by atoms with E-state index < -0.39 is 34.3 Å². The first-order chi connectivity index (χ1) is 9.16. The zero-order valence-electron chi connectivity index (χ0n) is 10.6. The molecule has 0 heterocycles. The van der Waals surface area contributed by atoms with Crippen LogP contribution in [0, 0.1) is 10.1 Å². The number of carbonyl (C=O) groups is 1. The van der Waals surface area contributed by atoms with Crippen LogP contribution in [0.25, 0.3) is 0 Å². The fourth-order valence-corrected chi connectivity index (χ4v) is 1.50. The third kappa shape index (κ3) is 3.59. The van der Waals surface area contributed by atoms with Crippen LogP contribution >= 0.6 is 0 Å². The summed E-state index contributed by atoms with van der Waals surface area (Å²) < 4.78 is 37.5. The molecule has 1 amide bonds. The Kier molecular flexibility index (Phi) is 4.53. The molecular formula is C11H12F3N3O3. The summed E-state index contributed by atoms with van der Waals surface area (Å²) in [5, 5.41) is 15.6. The second kappa shape index (κ2) is 5.76. The molecule has 0 aliphatic heterocycles. The lowest BCUT2D eigenvalue weighted by molar-refractivity contribution is -0.384. The van der Waals surface area contributed by atoms with Crippen molar-refractivity contribution in [1.82, 2.24) is 5.32 Å². The second-order valence-electron chi connectivity index (χ2n) is 3.97. The number of halogens is 3. The van der Waals surface area contributed by atoms with Gasteiger partial charge in [-0.05, 0) is 19.1 Å². The van der Waals surface area contributed by atoms with E-state index in [1.807, 2.05) is 0 Å². The number of hydrogen-bond acceptors (Lipinski definition) is 4. The lowest BCUT2D eigenvalue weighted by Gasteiger charge is -2.14. The number of anilines is 1. The van der Waals surface area contributed by atoms with E-state index in [0.29, 0.717) is 12.1 Å². The van der Waals surface area contributed by atoms with Gasteiger partial charge in [0.1, 0.15) is 11.7 Å². The highest BCUT2D eigenvalue weighted by atomic mass is 19.4. The molecule has 9 heteroatoms. The van der Waals surface area contributed by atoms with Crippen molar-refractivity contribution in [3.05, 3.63) is 33.9 Å². The van der Waals surface area contributed by atoms with Crippen LogP contribution in [-0.2, 0) is 11.0 Å². The van der Waals surface area contributed by atoms with Gasteiger partial charge >= 0.3 is 6.18 Å². The van der Waals surface area contributed by atoms with Crippen molar-refractivity contribution in [1.29, 1.82) is 0 Å². The first-order valence-electron chi connectivity index (χ1n) is 5.50. The van der Waals surface area contributed by atoms with Crippen LogP contribution in [-0.4, -0.2) is 23.9 Å². The number of nitrogens with zero attached hydrogens (tertiary/aromatic N) is 1. The van der Waals surface area contributed by atoms with Gasteiger partial charge in [0.2, 0.25) is 5.91 Å². The highest BCUT2D eigenvalue weighted by Crippen LogP contribution is 2.35. The van der Waals surface area contributed by atoms with Crippen LogP contribution in [0.1, 0.15) is 12.5 Å². The number of nitro benzene ring substituents is 1. The average molecular weight is 291 g/mol. The SMILES string of the molecule is CNC(=O)C(C)Nc1ccc(C(F)(F)F)cc1[N+](=O)[O-]. The van der Waals surface area contributed by atoms with Crippen LogP contribution in [0.3, 0.4) is 0 Å². The molecule has 1 atom stereocenters. The van der Waals surface area contributed by atoms with E-state index in [0.717, 1.165) is 6.07 Å². The van der Waals surface area contributed by atoms with Crippen LogP contribution in [0.15, 0.2) is 18.2 Å². The fraction of sp³-hybridized carbons (Fsp3) is 0.364. The molecule has 0 spiro atoms. The molecule has 0 fully saturated rings. The Bertz CT molecular complexity index is 531. The highest BCUT2D eigenvalue weighted by Gasteiger charge is 2.33. The smallest absolute Gasteiger partial charge is 0.368 e. The molecule has 0 bridgehead atoms. The predicted octanol–water partition coefficient (Wildman–Crippen LogP) is 2.16. The summed E-state index contributed by atoms with van der Waals surface area (Å²) >= 11 is 0. The van der Waals surface area contributed by atoms with Gasteiger partial charge in [0.15, 0.2) is 0 Å². The first-order valence-corrected chi connectivity index (χ1v) is 5.50. The summed E-state index contributed by atoms with van der Waals surface area (Å²) in [5.41, 5.74) is -2.02. The van der Waals surface area contributed by atoms with E-state index in [9.17, 15) is 28.1 Å². The minimum absolute atomic E-state index is 0.154. The molecule has 0 saturated heterocycles. The van der Waals surface area contributed by atoms with Gasteiger partial charge in [-0.25, -0.2) is 0 Å². The van der Waals surface area contributed by atoms with Crippen LogP contribution < -0.4 is 10.6 Å². The van der Waals surface area contributed by atoms with Gasteiger partial charge in [-0.2, -0.15) is 13.2 Å². The van der Waals surface area contributed by atoms with E-state index in [1.165, 1.54) is 14.0 Å². The van der Waals surface area contributed by atoms with E-state index in [2.05, 4.69) is 10.6 Å². The molecule has 0 aliphatic rings. The topological polar surface area (TPSA) is 84.3 Å². The Morgan fingerprint density at radius 2 is 2.00 bits per heavy atom. The molecule has 1 aromatic carbocycles. The van der Waals surface area contributed by atoms with Crippen molar-refractivity contribution in [3.8, 4) is 0 Å². The average Bonchev–Trinajstić information content (AvgIpc) is 2.36. The summed E-state index contributed by atoms with van der Waals surface area (Å²) in [6, 6.07) is 1.25. The van der Waals surface area contributed by atoms with Crippen LogP contribution in [0.2, 0.25) is 0 Å². The van der Waals surface area contributed by atoms with Crippen molar-refractivity contribution >= 4 is 17.3 Å². The van der Waals surface area contributed by atoms with E-state index in [4.69, 9.17) is 0 Å². The Balaban J connectivity index is 3.15. The van der Waals surface area contributed by atoms with E-state index in [1.54, 1.807) is 0 Å². The van der Waals surface area contributed by atoms with Crippen LogP contribution in [0.4, 0.5) is 24.5 Å². The zero-order valence-corrected chi connectivity index (χ0v) is 10.6. The van der Waals surface area contributed by atoms with Gasteiger partial charge in [-0.3, -0.25) is 14.9 Å². The third-order valence-corrected chi connectivity index (χ3v) is 2.53. The molecule has 0 aliphatic carbocycles. The molecule has 0 radical (unpaired) electrons. The van der Waals surface area contributed by atoms with Crippen molar-refractivity contribution in [2.45, 2.75) is 19.1 Å². The molecule has 1 aromatic rings. The highest BCUT2D eigenvalue weighted by molar-refractivity contribution is 5.84. The Morgan fingerprint density at radius 1 is 1.40 bits per heavy atom.